The van der Waals surface area contributed by atoms with Gasteiger partial charge in [0, 0.05) is 23.8 Å². The van der Waals surface area contributed by atoms with Gasteiger partial charge in [0.25, 0.3) is 0 Å². The largest absolute Gasteiger partial charge is 0.385 e. The van der Waals surface area contributed by atoms with Crippen molar-refractivity contribution in [1.82, 2.24) is 0 Å². The SMILES string of the molecule is NCCCCCNc1ccc(NC(=O)C2CCCCC2)cc1. The maximum absolute atomic E-state index is 12.2. The van der Waals surface area contributed by atoms with Gasteiger partial charge in [-0.15, -0.1) is 0 Å². The van der Waals surface area contributed by atoms with E-state index < -0.39 is 0 Å². The minimum atomic E-state index is 0.183. The molecule has 0 aromatic heterocycles. The summed E-state index contributed by atoms with van der Waals surface area (Å²) < 4.78 is 0. The quantitative estimate of drug-likeness (QED) is 0.641. The molecule has 0 unspecified atom stereocenters. The number of unbranched alkanes of at least 4 members (excludes halogenated alkanes) is 2. The molecular weight excluding hydrogens is 274 g/mol. The lowest BCUT2D eigenvalue weighted by Crippen LogP contribution is -2.24. The van der Waals surface area contributed by atoms with Crippen LogP contribution in [0.4, 0.5) is 11.4 Å². The molecule has 1 aliphatic carbocycles. The predicted molar refractivity (Wildman–Crippen MR) is 93.0 cm³/mol. The molecule has 122 valence electrons. The molecule has 0 heterocycles. The van der Waals surface area contributed by atoms with Crippen LogP contribution >= 0.6 is 0 Å². The van der Waals surface area contributed by atoms with E-state index in [1.165, 1.54) is 25.7 Å². The van der Waals surface area contributed by atoms with Crippen LogP contribution in [0.2, 0.25) is 0 Å². The highest BCUT2D eigenvalue weighted by Crippen LogP contribution is 2.25. The minimum absolute atomic E-state index is 0.183. The Labute approximate surface area is 133 Å². The van der Waals surface area contributed by atoms with E-state index in [1.54, 1.807) is 0 Å². The zero-order valence-corrected chi connectivity index (χ0v) is 13.4. The molecule has 1 saturated carbocycles. The zero-order valence-electron chi connectivity index (χ0n) is 13.4. The molecule has 2 rings (SSSR count). The smallest absolute Gasteiger partial charge is 0.227 e. The zero-order chi connectivity index (χ0) is 15.6. The van der Waals surface area contributed by atoms with E-state index in [0.717, 1.165) is 50.1 Å². The average Bonchev–Trinajstić information content (AvgIpc) is 2.57. The van der Waals surface area contributed by atoms with Crippen molar-refractivity contribution in [2.75, 3.05) is 23.7 Å². The van der Waals surface area contributed by atoms with Crippen molar-refractivity contribution in [3.8, 4) is 0 Å². The summed E-state index contributed by atoms with van der Waals surface area (Å²) in [5.41, 5.74) is 7.47. The van der Waals surface area contributed by atoms with Crippen molar-refractivity contribution in [2.45, 2.75) is 51.4 Å². The topological polar surface area (TPSA) is 67.2 Å². The Morgan fingerprint density at radius 3 is 2.36 bits per heavy atom. The van der Waals surface area contributed by atoms with E-state index in [4.69, 9.17) is 5.73 Å². The number of rotatable bonds is 8. The lowest BCUT2D eigenvalue weighted by molar-refractivity contribution is -0.120. The first-order valence-electron chi connectivity index (χ1n) is 8.64. The van der Waals surface area contributed by atoms with Gasteiger partial charge < -0.3 is 16.4 Å². The van der Waals surface area contributed by atoms with Gasteiger partial charge in [-0.1, -0.05) is 25.7 Å². The van der Waals surface area contributed by atoms with Crippen LogP contribution in [-0.4, -0.2) is 19.0 Å². The number of benzene rings is 1. The number of carbonyl (C=O) groups excluding carboxylic acids is 1. The van der Waals surface area contributed by atoms with Gasteiger partial charge in [0.15, 0.2) is 0 Å². The molecule has 1 fully saturated rings. The van der Waals surface area contributed by atoms with E-state index >= 15 is 0 Å². The van der Waals surface area contributed by atoms with Crippen LogP contribution in [-0.2, 0) is 4.79 Å². The fraction of sp³-hybridized carbons (Fsp3) is 0.611. The van der Waals surface area contributed by atoms with Crippen LogP contribution in [0.5, 0.6) is 0 Å². The number of nitrogens with two attached hydrogens (primary N) is 1. The van der Waals surface area contributed by atoms with Crippen molar-refractivity contribution >= 4 is 17.3 Å². The van der Waals surface area contributed by atoms with Gasteiger partial charge in [0.05, 0.1) is 0 Å². The summed E-state index contributed by atoms with van der Waals surface area (Å²) in [6, 6.07) is 8.00. The fourth-order valence-electron chi connectivity index (χ4n) is 2.96. The number of amides is 1. The molecule has 1 amide bonds. The first kappa shape index (κ1) is 16.8. The highest BCUT2D eigenvalue weighted by molar-refractivity contribution is 5.92. The molecule has 0 spiro atoms. The molecule has 4 heteroatoms. The van der Waals surface area contributed by atoms with E-state index in [0.29, 0.717) is 0 Å². The summed E-state index contributed by atoms with van der Waals surface area (Å²) in [6.45, 7) is 1.74. The number of anilines is 2. The van der Waals surface area contributed by atoms with Crippen LogP contribution in [0, 0.1) is 5.92 Å². The normalized spacial score (nSPS) is 15.5. The minimum Gasteiger partial charge on any atom is -0.385 e. The fourth-order valence-corrected chi connectivity index (χ4v) is 2.96. The molecule has 0 atom stereocenters. The monoisotopic (exact) mass is 303 g/mol. The molecule has 0 radical (unpaired) electrons. The molecule has 22 heavy (non-hydrogen) atoms. The maximum atomic E-state index is 12.2. The van der Waals surface area contributed by atoms with E-state index in [1.807, 2.05) is 24.3 Å². The summed E-state index contributed by atoms with van der Waals surface area (Å²) in [7, 11) is 0. The Morgan fingerprint density at radius 2 is 1.68 bits per heavy atom. The van der Waals surface area contributed by atoms with Crippen molar-refractivity contribution in [2.24, 2.45) is 11.7 Å². The van der Waals surface area contributed by atoms with Crippen molar-refractivity contribution < 1.29 is 4.79 Å². The number of carbonyl (C=O) groups is 1. The van der Waals surface area contributed by atoms with Crippen LogP contribution in [0.1, 0.15) is 51.4 Å². The summed E-state index contributed by atoms with van der Waals surface area (Å²) in [6.07, 6.45) is 9.11. The lowest BCUT2D eigenvalue weighted by Gasteiger charge is -2.20. The third-order valence-electron chi connectivity index (χ3n) is 4.34. The number of hydrogen-bond donors (Lipinski definition) is 3. The Bertz CT molecular complexity index is 438. The highest BCUT2D eigenvalue weighted by atomic mass is 16.1. The molecule has 0 aliphatic heterocycles. The second-order valence-corrected chi connectivity index (χ2v) is 6.18. The summed E-state index contributed by atoms with van der Waals surface area (Å²) >= 11 is 0. The average molecular weight is 303 g/mol. The molecule has 4 nitrogen and oxygen atoms in total. The second-order valence-electron chi connectivity index (χ2n) is 6.18. The van der Waals surface area contributed by atoms with Gasteiger partial charge in [-0.3, -0.25) is 4.79 Å². The predicted octanol–water partition coefficient (Wildman–Crippen LogP) is 3.75. The summed E-state index contributed by atoms with van der Waals surface area (Å²) in [5, 5.41) is 6.44. The Balaban J connectivity index is 1.72. The van der Waals surface area contributed by atoms with Crippen LogP contribution in [0.25, 0.3) is 0 Å². The van der Waals surface area contributed by atoms with Gasteiger partial charge >= 0.3 is 0 Å². The molecule has 0 bridgehead atoms. The summed E-state index contributed by atoms with van der Waals surface area (Å²) in [5.74, 6) is 0.385. The van der Waals surface area contributed by atoms with Gasteiger partial charge in [0.1, 0.15) is 0 Å². The third kappa shape index (κ3) is 5.68. The van der Waals surface area contributed by atoms with E-state index in [-0.39, 0.29) is 11.8 Å². The van der Waals surface area contributed by atoms with Gasteiger partial charge in [-0.25, -0.2) is 0 Å². The maximum Gasteiger partial charge on any atom is 0.227 e. The molecule has 1 aromatic rings. The number of nitrogens with one attached hydrogen (secondary N) is 2. The van der Waals surface area contributed by atoms with E-state index in [2.05, 4.69) is 10.6 Å². The second kappa shape index (κ2) is 9.46. The van der Waals surface area contributed by atoms with Gasteiger partial charge in [0.2, 0.25) is 5.91 Å². The van der Waals surface area contributed by atoms with Crippen LogP contribution in [0.15, 0.2) is 24.3 Å². The van der Waals surface area contributed by atoms with Crippen LogP contribution < -0.4 is 16.4 Å². The molecular formula is C18H29N3O. The molecule has 4 N–H and O–H groups in total. The summed E-state index contributed by atoms with van der Waals surface area (Å²) in [4.78, 5) is 12.2. The standard InChI is InChI=1S/C18H29N3O/c19-13-5-2-6-14-20-16-9-11-17(12-10-16)21-18(22)15-7-3-1-4-8-15/h9-12,15,20H,1-8,13-14,19H2,(H,21,22). The first-order chi connectivity index (χ1) is 10.8. The van der Waals surface area contributed by atoms with Crippen molar-refractivity contribution in [1.29, 1.82) is 0 Å². The molecule has 1 aliphatic rings. The molecule has 1 aromatic carbocycles. The third-order valence-corrected chi connectivity index (χ3v) is 4.34. The lowest BCUT2D eigenvalue weighted by atomic mass is 9.88. The van der Waals surface area contributed by atoms with Crippen LogP contribution in [0.3, 0.4) is 0 Å². The van der Waals surface area contributed by atoms with Crippen molar-refractivity contribution in [3.05, 3.63) is 24.3 Å². The number of hydrogen-bond acceptors (Lipinski definition) is 3. The van der Waals surface area contributed by atoms with E-state index in [9.17, 15) is 4.79 Å². The first-order valence-corrected chi connectivity index (χ1v) is 8.64. The molecule has 0 saturated heterocycles. The van der Waals surface area contributed by atoms with Crippen molar-refractivity contribution in [3.63, 3.8) is 0 Å². The van der Waals surface area contributed by atoms with Gasteiger partial charge in [-0.2, -0.15) is 0 Å². The Morgan fingerprint density at radius 1 is 1.00 bits per heavy atom. The van der Waals surface area contributed by atoms with Gasteiger partial charge in [-0.05, 0) is 56.5 Å². The Hall–Kier alpha value is -1.55. The highest BCUT2D eigenvalue weighted by Gasteiger charge is 2.20. The Kier molecular flexibility index (Phi) is 7.23.